The highest BCUT2D eigenvalue weighted by Gasteiger charge is 2.69. The molecule has 4 atom stereocenters. The molecule has 4 aliphatic heterocycles. The molecule has 4 fully saturated rings. The standard InChI is InChI=1S/C23H30N2O14S2/c1-21(2,19(30)38-9-36-17(28)15-22(3,4)40(32,33)13-7-11(26)24(13)15)20(31)39-10-37-18(29)16-23(5,6)41(34,35)14-8-12(27)25(14)16/h13-16H,7-10H2,1-6H3/t13-,14-,15+,16+/m1/s1. The van der Waals surface area contributed by atoms with Crippen LogP contribution >= 0.6 is 0 Å². The van der Waals surface area contributed by atoms with Crippen LogP contribution in [0.5, 0.6) is 0 Å². The SMILES string of the molecule is CC(C)(C(=O)OCOC(=O)[C@@H]1N2C(=O)C[C@H]2S(=O)(=O)C1(C)C)C(=O)OCOC(=O)[C@@H]1N2C(=O)C[C@H]2S(=O)(=O)C1(C)C. The van der Waals surface area contributed by atoms with Crippen molar-refractivity contribution in [2.45, 2.75) is 86.7 Å². The maximum absolute atomic E-state index is 12.6. The first-order chi connectivity index (χ1) is 18.6. The average molecular weight is 623 g/mol. The monoisotopic (exact) mass is 622 g/mol. The molecule has 4 saturated heterocycles. The van der Waals surface area contributed by atoms with Gasteiger partial charge < -0.3 is 28.7 Å². The molecule has 0 aromatic rings. The van der Waals surface area contributed by atoms with Gasteiger partial charge in [-0.2, -0.15) is 0 Å². The number of sulfone groups is 2. The van der Waals surface area contributed by atoms with Crippen molar-refractivity contribution in [2.75, 3.05) is 13.6 Å². The number of fused-ring (bicyclic) bond motifs is 2. The third-order valence-corrected chi connectivity index (χ3v) is 13.8. The molecule has 0 radical (unpaired) electrons. The Labute approximate surface area is 235 Å². The molecule has 4 heterocycles. The van der Waals surface area contributed by atoms with Crippen LogP contribution in [0.15, 0.2) is 0 Å². The summed E-state index contributed by atoms with van der Waals surface area (Å²) in [6, 6.07) is -2.90. The number of β-lactam (4-membered cyclic amide) rings is 2. The van der Waals surface area contributed by atoms with Crippen LogP contribution < -0.4 is 0 Å². The van der Waals surface area contributed by atoms with Crippen molar-refractivity contribution < 1.29 is 64.6 Å². The molecule has 16 nitrogen and oxygen atoms in total. The summed E-state index contributed by atoms with van der Waals surface area (Å²) in [5.74, 6) is -5.74. The number of rotatable bonds is 8. The Kier molecular flexibility index (Phi) is 7.01. The summed E-state index contributed by atoms with van der Waals surface area (Å²) in [7, 11) is -7.71. The topological polar surface area (TPSA) is 214 Å². The Morgan fingerprint density at radius 1 is 0.707 bits per heavy atom. The van der Waals surface area contributed by atoms with E-state index in [0.29, 0.717) is 0 Å². The number of esters is 4. The molecule has 0 saturated carbocycles. The van der Waals surface area contributed by atoms with Gasteiger partial charge in [-0.05, 0) is 41.5 Å². The van der Waals surface area contributed by atoms with E-state index in [1.807, 2.05) is 0 Å². The van der Waals surface area contributed by atoms with E-state index < -0.39 is 107 Å². The van der Waals surface area contributed by atoms with E-state index in [1.54, 1.807) is 0 Å². The smallest absolute Gasteiger partial charge is 0.333 e. The van der Waals surface area contributed by atoms with E-state index in [9.17, 15) is 45.6 Å². The first kappa shape index (κ1) is 30.7. The van der Waals surface area contributed by atoms with Gasteiger partial charge in [-0.3, -0.25) is 19.2 Å². The van der Waals surface area contributed by atoms with Gasteiger partial charge >= 0.3 is 23.9 Å². The Bertz CT molecular complexity index is 1350. The Morgan fingerprint density at radius 2 is 1.02 bits per heavy atom. The zero-order chi connectivity index (χ0) is 31.1. The molecule has 0 aromatic carbocycles. The Hall–Kier alpha value is -3.28. The Balaban J connectivity index is 1.28. The molecule has 2 amide bonds. The second kappa shape index (κ2) is 9.37. The summed E-state index contributed by atoms with van der Waals surface area (Å²) in [6.07, 6.45) is -0.491. The molecule has 0 N–H and O–H groups in total. The van der Waals surface area contributed by atoms with Gasteiger partial charge in [0.2, 0.25) is 25.4 Å². The van der Waals surface area contributed by atoms with Crippen molar-refractivity contribution >= 4 is 55.4 Å². The summed E-state index contributed by atoms with van der Waals surface area (Å²) in [5, 5.41) is -2.27. The fourth-order valence-electron chi connectivity index (χ4n) is 5.30. The lowest BCUT2D eigenvalue weighted by atomic mass is 9.94. The molecular weight excluding hydrogens is 592 g/mol. The van der Waals surface area contributed by atoms with Crippen molar-refractivity contribution in [3.05, 3.63) is 0 Å². The van der Waals surface area contributed by atoms with Crippen LogP contribution in [0, 0.1) is 5.41 Å². The molecule has 228 valence electrons. The minimum Gasteiger partial charge on any atom is -0.427 e. The van der Waals surface area contributed by atoms with Crippen molar-refractivity contribution in [3.63, 3.8) is 0 Å². The molecule has 0 spiro atoms. The highest BCUT2D eigenvalue weighted by molar-refractivity contribution is 7.94. The summed E-state index contributed by atoms with van der Waals surface area (Å²) >= 11 is 0. The zero-order valence-corrected chi connectivity index (χ0v) is 24.7. The quantitative estimate of drug-likeness (QED) is 0.129. The van der Waals surface area contributed by atoms with Gasteiger partial charge in [-0.25, -0.2) is 26.4 Å². The maximum Gasteiger partial charge on any atom is 0.333 e. The van der Waals surface area contributed by atoms with Gasteiger partial charge in [0, 0.05) is 0 Å². The predicted octanol–water partition coefficient (Wildman–Crippen LogP) is -1.63. The van der Waals surface area contributed by atoms with Crippen molar-refractivity contribution in [1.29, 1.82) is 0 Å². The summed E-state index contributed by atoms with van der Waals surface area (Å²) < 4.78 is 66.7. The minimum atomic E-state index is -3.86. The lowest BCUT2D eigenvalue weighted by molar-refractivity contribution is -0.189. The Morgan fingerprint density at radius 3 is 1.32 bits per heavy atom. The van der Waals surface area contributed by atoms with Crippen LogP contribution in [-0.4, -0.2) is 108 Å². The van der Waals surface area contributed by atoms with Gasteiger partial charge in [-0.1, -0.05) is 0 Å². The molecule has 41 heavy (non-hydrogen) atoms. The van der Waals surface area contributed by atoms with Crippen molar-refractivity contribution in [3.8, 4) is 0 Å². The fourth-order valence-corrected chi connectivity index (χ4v) is 9.55. The first-order valence-corrected chi connectivity index (χ1v) is 15.5. The van der Waals surface area contributed by atoms with Gasteiger partial charge in [0.15, 0.2) is 25.1 Å². The zero-order valence-electron chi connectivity index (χ0n) is 23.1. The lowest BCUT2D eigenvalue weighted by Gasteiger charge is -2.36. The molecule has 0 aliphatic carbocycles. The minimum absolute atomic E-state index is 0.245. The van der Waals surface area contributed by atoms with E-state index >= 15 is 0 Å². The summed E-state index contributed by atoms with van der Waals surface area (Å²) in [5.41, 5.74) is -2.00. The van der Waals surface area contributed by atoms with Crippen molar-refractivity contribution in [2.24, 2.45) is 5.41 Å². The van der Waals surface area contributed by atoms with Crippen LogP contribution in [-0.2, 0) is 67.4 Å². The van der Waals surface area contributed by atoms with Crippen LogP contribution in [0.1, 0.15) is 54.4 Å². The molecule has 4 rings (SSSR count). The first-order valence-electron chi connectivity index (χ1n) is 12.4. The summed E-state index contributed by atoms with van der Waals surface area (Å²) in [4.78, 5) is 76.0. The molecule has 0 aromatic heterocycles. The van der Waals surface area contributed by atoms with Crippen LogP contribution in [0.4, 0.5) is 0 Å². The number of ether oxygens (including phenoxy) is 4. The largest absolute Gasteiger partial charge is 0.427 e. The molecule has 0 bridgehead atoms. The number of hydrogen-bond donors (Lipinski definition) is 0. The van der Waals surface area contributed by atoms with E-state index in [2.05, 4.69) is 0 Å². The lowest BCUT2D eigenvalue weighted by Crippen LogP contribution is -2.57. The van der Waals surface area contributed by atoms with Gasteiger partial charge in [0.05, 0.1) is 22.3 Å². The van der Waals surface area contributed by atoms with E-state index in [-0.39, 0.29) is 12.8 Å². The van der Waals surface area contributed by atoms with Crippen LogP contribution in [0.25, 0.3) is 0 Å². The molecule has 18 heteroatoms. The molecule has 4 aliphatic rings. The number of nitrogens with zero attached hydrogens (tertiary/aromatic N) is 2. The third-order valence-electron chi connectivity index (χ3n) is 8.20. The summed E-state index contributed by atoms with van der Waals surface area (Å²) in [6.45, 7) is 5.33. The number of amides is 2. The van der Waals surface area contributed by atoms with Crippen molar-refractivity contribution in [1.82, 2.24) is 9.80 Å². The normalized spacial score (nSPS) is 29.8. The number of hydrogen-bond acceptors (Lipinski definition) is 14. The highest BCUT2D eigenvalue weighted by Crippen LogP contribution is 2.47. The predicted molar refractivity (Wildman–Crippen MR) is 132 cm³/mol. The third kappa shape index (κ3) is 4.20. The van der Waals surface area contributed by atoms with E-state index in [1.165, 1.54) is 27.7 Å². The maximum atomic E-state index is 12.6. The molecular formula is C23H30N2O14S2. The van der Waals surface area contributed by atoms with Gasteiger partial charge in [-0.15, -0.1) is 0 Å². The fraction of sp³-hybridized carbons (Fsp3) is 0.739. The van der Waals surface area contributed by atoms with Crippen LogP contribution in [0.2, 0.25) is 0 Å². The molecule has 0 unspecified atom stereocenters. The average Bonchev–Trinajstić information content (AvgIpc) is 3.06. The van der Waals surface area contributed by atoms with E-state index in [0.717, 1.165) is 23.6 Å². The number of carbonyl (C=O) groups is 6. The van der Waals surface area contributed by atoms with Crippen LogP contribution in [0.3, 0.4) is 0 Å². The van der Waals surface area contributed by atoms with E-state index in [4.69, 9.17) is 18.9 Å². The number of carbonyl (C=O) groups excluding carboxylic acids is 6. The van der Waals surface area contributed by atoms with Gasteiger partial charge in [0.1, 0.15) is 22.8 Å². The highest BCUT2D eigenvalue weighted by atomic mass is 32.2. The second-order valence-electron chi connectivity index (χ2n) is 11.7. The second-order valence-corrected chi connectivity index (χ2v) is 17.0. The van der Waals surface area contributed by atoms with Gasteiger partial charge in [0.25, 0.3) is 0 Å².